The number of rotatable bonds is 11. The Morgan fingerprint density at radius 3 is 1.71 bits per heavy atom. The molecule has 0 spiro atoms. The lowest BCUT2D eigenvalue weighted by molar-refractivity contribution is -0.141. The smallest absolute Gasteiger partial charge is 0.305 e. The van der Waals surface area contributed by atoms with Crippen LogP contribution in [0.15, 0.2) is 18.2 Å². The molecule has 0 saturated carbocycles. The Morgan fingerprint density at radius 1 is 0.875 bits per heavy atom. The molecule has 24 heavy (non-hydrogen) atoms. The van der Waals surface area contributed by atoms with E-state index in [9.17, 15) is 14.4 Å². The molecule has 0 N–H and O–H groups in total. The predicted molar refractivity (Wildman–Crippen MR) is 85.3 cm³/mol. The van der Waals surface area contributed by atoms with E-state index in [1.54, 1.807) is 18.2 Å². The lowest BCUT2D eigenvalue weighted by Gasteiger charge is -2.10. The highest BCUT2D eigenvalue weighted by atomic mass is 16.5. The molecule has 0 unspecified atom stereocenters. The van der Waals surface area contributed by atoms with Gasteiger partial charge in [-0.1, -0.05) is 0 Å². The van der Waals surface area contributed by atoms with Gasteiger partial charge in [0.25, 0.3) is 0 Å². The maximum Gasteiger partial charge on any atom is 0.305 e. The molecule has 0 aliphatic rings. The van der Waals surface area contributed by atoms with E-state index >= 15 is 0 Å². The maximum atomic E-state index is 11.0. The largest absolute Gasteiger partial charge is 0.493 e. The van der Waals surface area contributed by atoms with E-state index < -0.39 is 0 Å². The molecule has 0 saturated heterocycles. The van der Waals surface area contributed by atoms with Gasteiger partial charge in [-0.05, 0) is 25.0 Å². The van der Waals surface area contributed by atoms with Crippen molar-refractivity contribution < 1.29 is 33.3 Å². The van der Waals surface area contributed by atoms with Gasteiger partial charge in [-0.25, -0.2) is 0 Å². The molecular weight excluding hydrogens is 316 g/mol. The molecule has 1 rings (SSSR count). The third-order valence-corrected chi connectivity index (χ3v) is 3.08. The number of hydrogen-bond donors (Lipinski definition) is 0. The highest BCUT2D eigenvalue weighted by Crippen LogP contribution is 2.23. The second-order valence-corrected chi connectivity index (χ2v) is 4.91. The number of carbonyl (C=O) groups is 3. The zero-order valence-electron chi connectivity index (χ0n) is 13.9. The molecule has 0 fully saturated rings. The van der Waals surface area contributed by atoms with Gasteiger partial charge in [-0.2, -0.15) is 0 Å². The zero-order chi connectivity index (χ0) is 17.8. The lowest BCUT2D eigenvalue weighted by Crippen LogP contribution is -2.06. The summed E-state index contributed by atoms with van der Waals surface area (Å²) in [5.74, 6) is 0.365. The van der Waals surface area contributed by atoms with Crippen LogP contribution >= 0.6 is 0 Å². The van der Waals surface area contributed by atoms with Gasteiger partial charge in [-0.15, -0.1) is 0 Å². The van der Waals surface area contributed by atoms with Gasteiger partial charge in [0.15, 0.2) is 0 Å². The molecule has 0 bridgehead atoms. The Kier molecular flexibility index (Phi) is 8.96. The minimum absolute atomic E-state index is 0.265. The van der Waals surface area contributed by atoms with Crippen molar-refractivity contribution in [3.63, 3.8) is 0 Å². The summed E-state index contributed by atoms with van der Waals surface area (Å²) in [5, 5.41) is 0. The Labute approximate surface area is 140 Å². The van der Waals surface area contributed by atoms with E-state index in [-0.39, 0.29) is 24.8 Å². The second-order valence-electron chi connectivity index (χ2n) is 4.91. The van der Waals surface area contributed by atoms with Crippen molar-refractivity contribution in [1.82, 2.24) is 0 Å². The molecule has 0 atom stereocenters. The Morgan fingerprint density at radius 2 is 1.33 bits per heavy atom. The molecular formula is C17H22O7. The van der Waals surface area contributed by atoms with Crippen LogP contribution in [0.25, 0.3) is 0 Å². The number of benzene rings is 1. The van der Waals surface area contributed by atoms with Gasteiger partial charge in [0.05, 0.1) is 27.4 Å². The van der Waals surface area contributed by atoms with E-state index in [1.807, 2.05) is 0 Å². The van der Waals surface area contributed by atoms with Crippen LogP contribution in [0.5, 0.6) is 11.5 Å². The van der Waals surface area contributed by atoms with Gasteiger partial charge in [-0.3, -0.25) is 14.4 Å². The predicted octanol–water partition coefficient (Wildman–Crippen LogP) is 2.16. The fraction of sp³-hybridized carbons (Fsp3) is 0.471. The average Bonchev–Trinajstić information content (AvgIpc) is 2.61. The van der Waals surface area contributed by atoms with Crippen LogP contribution in [0.4, 0.5) is 0 Å². The first-order valence-electron chi connectivity index (χ1n) is 7.58. The van der Waals surface area contributed by atoms with E-state index in [0.29, 0.717) is 49.4 Å². The third kappa shape index (κ3) is 7.62. The molecule has 1 aromatic carbocycles. The van der Waals surface area contributed by atoms with Crippen LogP contribution in [0.2, 0.25) is 0 Å². The maximum absolute atomic E-state index is 11.0. The zero-order valence-corrected chi connectivity index (χ0v) is 13.9. The molecule has 7 nitrogen and oxygen atoms in total. The van der Waals surface area contributed by atoms with Crippen LogP contribution in [-0.2, 0) is 19.1 Å². The van der Waals surface area contributed by atoms with Crippen molar-refractivity contribution in [3.8, 4) is 11.5 Å². The fourth-order valence-electron chi connectivity index (χ4n) is 1.85. The first-order valence-corrected chi connectivity index (χ1v) is 7.58. The van der Waals surface area contributed by atoms with Gasteiger partial charge in [0.2, 0.25) is 0 Å². The van der Waals surface area contributed by atoms with E-state index in [4.69, 9.17) is 9.47 Å². The van der Waals surface area contributed by atoms with Crippen LogP contribution in [0.1, 0.15) is 36.0 Å². The average molecular weight is 338 g/mol. The number of esters is 2. The minimum Gasteiger partial charge on any atom is -0.493 e. The number of aldehydes is 1. The molecule has 132 valence electrons. The first kappa shape index (κ1) is 19.5. The summed E-state index contributed by atoms with van der Waals surface area (Å²) in [7, 11) is 2.67. The summed E-state index contributed by atoms with van der Waals surface area (Å²) in [6, 6.07) is 4.84. The molecule has 0 radical (unpaired) electrons. The number of hydrogen-bond acceptors (Lipinski definition) is 7. The molecule has 0 amide bonds. The fourth-order valence-corrected chi connectivity index (χ4v) is 1.85. The Hall–Kier alpha value is -2.57. The lowest BCUT2D eigenvalue weighted by atomic mass is 10.2. The van der Waals surface area contributed by atoms with Crippen molar-refractivity contribution in [2.75, 3.05) is 27.4 Å². The van der Waals surface area contributed by atoms with Crippen molar-refractivity contribution in [3.05, 3.63) is 23.8 Å². The Bertz CT molecular complexity index is 512. The topological polar surface area (TPSA) is 88.1 Å². The second kappa shape index (κ2) is 11.0. The van der Waals surface area contributed by atoms with Crippen molar-refractivity contribution >= 4 is 18.2 Å². The van der Waals surface area contributed by atoms with Crippen molar-refractivity contribution in [2.45, 2.75) is 25.7 Å². The quantitative estimate of drug-likeness (QED) is 0.347. The van der Waals surface area contributed by atoms with Crippen molar-refractivity contribution in [2.24, 2.45) is 0 Å². The third-order valence-electron chi connectivity index (χ3n) is 3.08. The number of methoxy groups -OCH3 is 2. The molecule has 7 heteroatoms. The normalized spacial score (nSPS) is 9.92. The first-order chi connectivity index (χ1) is 11.6. The van der Waals surface area contributed by atoms with E-state index in [0.717, 1.165) is 0 Å². The van der Waals surface area contributed by atoms with E-state index in [2.05, 4.69) is 9.47 Å². The summed E-state index contributed by atoms with van der Waals surface area (Å²) in [4.78, 5) is 33.0. The van der Waals surface area contributed by atoms with Crippen LogP contribution < -0.4 is 9.47 Å². The van der Waals surface area contributed by atoms with Gasteiger partial charge in [0, 0.05) is 24.5 Å². The minimum atomic E-state index is -0.296. The number of ether oxygens (including phenoxy) is 4. The van der Waals surface area contributed by atoms with E-state index in [1.165, 1.54) is 14.2 Å². The standard InChI is InChI=1S/C17H22O7/c1-21-16(19)5-3-7-23-14-9-13(12-18)10-15(11-14)24-8-4-6-17(20)22-2/h9-12H,3-8H2,1-2H3. The Balaban J connectivity index is 2.49. The van der Waals surface area contributed by atoms with Crippen molar-refractivity contribution in [1.29, 1.82) is 0 Å². The summed E-state index contributed by atoms with van der Waals surface area (Å²) < 4.78 is 20.1. The summed E-state index contributed by atoms with van der Waals surface area (Å²) in [6.45, 7) is 0.637. The molecule has 1 aromatic rings. The summed E-state index contributed by atoms with van der Waals surface area (Å²) >= 11 is 0. The molecule has 0 aliphatic heterocycles. The molecule has 0 aliphatic carbocycles. The summed E-state index contributed by atoms with van der Waals surface area (Å²) in [6.07, 6.45) is 2.24. The van der Waals surface area contributed by atoms with Gasteiger partial charge in [0.1, 0.15) is 17.8 Å². The molecule has 0 aromatic heterocycles. The van der Waals surface area contributed by atoms with Crippen LogP contribution in [0, 0.1) is 0 Å². The number of carbonyl (C=O) groups excluding carboxylic acids is 3. The molecule has 0 heterocycles. The van der Waals surface area contributed by atoms with Crippen LogP contribution in [-0.4, -0.2) is 45.7 Å². The highest BCUT2D eigenvalue weighted by Gasteiger charge is 2.06. The monoisotopic (exact) mass is 338 g/mol. The van der Waals surface area contributed by atoms with Crippen LogP contribution in [0.3, 0.4) is 0 Å². The van der Waals surface area contributed by atoms with Gasteiger partial charge >= 0.3 is 11.9 Å². The SMILES string of the molecule is COC(=O)CCCOc1cc(C=O)cc(OCCCC(=O)OC)c1. The summed E-state index contributed by atoms with van der Waals surface area (Å²) in [5.41, 5.74) is 0.420. The highest BCUT2D eigenvalue weighted by molar-refractivity contribution is 5.76. The van der Waals surface area contributed by atoms with Gasteiger partial charge < -0.3 is 18.9 Å².